The van der Waals surface area contributed by atoms with Crippen molar-refractivity contribution in [2.75, 3.05) is 26.9 Å². The first-order chi connectivity index (χ1) is 8.38. The third-order valence-electron chi connectivity index (χ3n) is 3.38. The van der Waals surface area contributed by atoms with Crippen LogP contribution in [0.1, 0.15) is 18.1 Å². The van der Waals surface area contributed by atoms with Gasteiger partial charge in [0.05, 0.1) is 20.3 Å². The van der Waals surface area contributed by atoms with Gasteiger partial charge >= 0.3 is 0 Å². The summed E-state index contributed by atoms with van der Waals surface area (Å²) < 4.78 is 16.9. The highest BCUT2D eigenvalue weighted by atomic mass is 35.5. The highest BCUT2D eigenvalue weighted by Gasteiger charge is 2.32. The van der Waals surface area contributed by atoms with Crippen LogP contribution in [0.3, 0.4) is 0 Å². The summed E-state index contributed by atoms with van der Waals surface area (Å²) >= 11 is 0. The van der Waals surface area contributed by atoms with E-state index in [-0.39, 0.29) is 18.5 Å². The Hall–Kier alpha value is -0.970. The van der Waals surface area contributed by atoms with Crippen molar-refractivity contribution in [1.82, 2.24) is 5.32 Å². The first-order valence-corrected chi connectivity index (χ1v) is 6.04. The highest BCUT2D eigenvalue weighted by Crippen LogP contribution is 2.37. The average molecular weight is 272 g/mol. The maximum Gasteiger partial charge on any atom is 0.125 e. The van der Waals surface area contributed by atoms with E-state index < -0.39 is 0 Å². The molecule has 2 aliphatic heterocycles. The van der Waals surface area contributed by atoms with Gasteiger partial charge in [-0.3, -0.25) is 0 Å². The largest absolute Gasteiger partial charge is 0.497 e. The number of hydrogen-bond donors (Lipinski definition) is 1. The number of fused-ring (bicyclic) bond motifs is 3. The zero-order chi connectivity index (χ0) is 11.7. The Labute approximate surface area is 113 Å². The number of rotatable bonds is 1. The minimum absolute atomic E-state index is 0. The number of methoxy groups -OCH3 is 1. The van der Waals surface area contributed by atoms with Crippen LogP contribution < -0.4 is 14.8 Å². The second-order valence-corrected chi connectivity index (χ2v) is 4.39. The average Bonchev–Trinajstić information content (AvgIpc) is 2.57. The van der Waals surface area contributed by atoms with Crippen LogP contribution in [0.2, 0.25) is 0 Å². The van der Waals surface area contributed by atoms with Crippen molar-refractivity contribution in [2.45, 2.75) is 18.6 Å². The molecule has 0 unspecified atom stereocenters. The van der Waals surface area contributed by atoms with Gasteiger partial charge in [-0.2, -0.15) is 0 Å². The molecule has 5 heteroatoms. The van der Waals surface area contributed by atoms with Crippen LogP contribution in [0.25, 0.3) is 0 Å². The summed E-state index contributed by atoms with van der Waals surface area (Å²) in [4.78, 5) is 0. The van der Waals surface area contributed by atoms with E-state index in [4.69, 9.17) is 14.2 Å². The van der Waals surface area contributed by atoms with E-state index in [9.17, 15) is 0 Å². The molecule has 1 fully saturated rings. The lowest BCUT2D eigenvalue weighted by atomic mass is 9.98. The standard InChI is InChI=1S/C13H17NO3.ClH/c1-15-9-2-3-12-10(8-9)13-11(4-6-16-12)14-5-7-17-13;/h2-3,8,11,13-14H,4-7H2,1H3;1H/t11-,13-;/m1./s1. The number of hydrogen-bond acceptors (Lipinski definition) is 4. The summed E-state index contributed by atoms with van der Waals surface area (Å²) in [6.07, 6.45) is 1.05. The summed E-state index contributed by atoms with van der Waals surface area (Å²) in [5.74, 6) is 1.77. The third kappa shape index (κ3) is 2.41. The third-order valence-corrected chi connectivity index (χ3v) is 3.38. The number of nitrogens with one attached hydrogen (secondary N) is 1. The molecule has 0 aromatic heterocycles. The van der Waals surface area contributed by atoms with Crippen LogP contribution in [0.15, 0.2) is 18.2 Å². The molecular weight excluding hydrogens is 254 g/mol. The van der Waals surface area contributed by atoms with Crippen molar-refractivity contribution >= 4 is 12.4 Å². The Morgan fingerprint density at radius 2 is 2.22 bits per heavy atom. The Bertz CT molecular complexity index is 413. The van der Waals surface area contributed by atoms with Crippen LogP contribution in [0.4, 0.5) is 0 Å². The van der Waals surface area contributed by atoms with Gasteiger partial charge in [0.15, 0.2) is 0 Å². The second kappa shape index (κ2) is 5.78. The van der Waals surface area contributed by atoms with E-state index >= 15 is 0 Å². The van der Waals surface area contributed by atoms with Gasteiger partial charge in [0, 0.05) is 18.2 Å². The van der Waals surface area contributed by atoms with E-state index in [0.29, 0.717) is 6.04 Å². The van der Waals surface area contributed by atoms with E-state index in [1.165, 1.54) is 0 Å². The smallest absolute Gasteiger partial charge is 0.125 e. The summed E-state index contributed by atoms with van der Waals surface area (Å²) in [5.41, 5.74) is 1.10. The minimum atomic E-state index is 0. The maximum atomic E-state index is 5.89. The molecule has 0 saturated carbocycles. The molecule has 0 amide bonds. The quantitative estimate of drug-likeness (QED) is 0.847. The zero-order valence-corrected chi connectivity index (χ0v) is 11.2. The SMILES string of the molecule is COc1ccc2c(c1)[C@H]1OCCN[C@@H]1CCO2.Cl. The van der Waals surface area contributed by atoms with Crippen molar-refractivity contribution in [3.05, 3.63) is 23.8 Å². The summed E-state index contributed by atoms with van der Waals surface area (Å²) in [7, 11) is 1.68. The molecular formula is C13H18ClNO3. The van der Waals surface area contributed by atoms with E-state index in [1.807, 2.05) is 18.2 Å². The predicted molar refractivity (Wildman–Crippen MR) is 70.8 cm³/mol. The van der Waals surface area contributed by atoms with Crippen molar-refractivity contribution in [3.63, 3.8) is 0 Å². The van der Waals surface area contributed by atoms with Crippen LogP contribution in [-0.2, 0) is 4.74 Å². The van der Waals surface area contributed by atoms with Gasteiger partial charge < -0.3 is 19.5 Å². The molecule has 0 bridgehead atoms. The molecule has 1 aromatic carbocycles. The normalized spacial score (nSPS) is 25.8. The van der Waals surface area contributed by atoms with Gasteiger partial charge in [-0.25, -0.2) is 0 Å². The predicted octanol–water partition coefficient (Wildman–Crippen LogP) is 1.93. The fourth-order valence-electron chi connectivity index (χ4n) is 2.52. The van der Waals surface area contributed by atoms with Crippen molar-refractivity contribution in [1.29, 1.82) is 0 Å². The molecule has 4 nitrogen and oxygen atoms in total. The molecule has 2 heterocycles. The van der Waals surface area contributed by atoms with Gasteiger partial charge in [0.2, 0.25) is 0 Å². The lowest BCUT2D eigenvalue weighted by Gasteiger charge is -2.31. The van der Waals surface area contributed by atoms with Gasteiger partial charge in [-0.15, -0.1) is 12.4 Å². The zero-order valence-electron chi connectivity index (χ0n) is 10.3. The molecule has 0 aliphatic carbocycles. The minimum Gasteiger partial charge on any atom is -0.497 e. The number of ether oxygens (including phenoxy) is 3. The van der Waals surface area contributed by atoms with Crippen LogP contribution in [0.5, 0.6) is 11.5 Å². The Morgan fingerprint density at radius 1 is 1.33 bits per heavy atom. The molecule has 0 radical (unpaired) electrons. The van der Waals surface area contributed by atoms with Gasteiger partial charge in [0.25, 0.3) is 0 Å². The lowest BCUT2D eigenvalue weighted by Crippen LogP contribution is -2.43. The Morgan fingerprint density at radius 3 is 3.06 bits per heavy atom. The fraction of sp³-hybridized carbons (Fsp3) is 0.538. The molecule has 2 atom stereocenters. The topological polar surface area (TPSA) is 39.7 Å². The Balaban J connectivity index is 0.00000120. The van der Waals surface area contributed by atoms with Crippen LogP contribution >= 0.6 is 12.4 Å². The molecule has 100 valence electrons. The Kier molecular flexibility index (Phi) is 4.32. The van der Waals surface area contributed by atoms with Gasteiger partial charge in [0.1, 0.15) is 17.6 Å². The number of morpholine rings is 1. The first kappa shape index (κ1) is 13.5. The van der Waals surface area contributed by atoms with E-state index in [2.05, 4.69) is 5.32 Å². The van der Waals surface area contributed by atoms with E-state index in [0.717, 1.165) is 43.2 Å². The molecule has 1 N–H and O–H groups in total. The molecule has 1 aromatic rings. The van der Waals surface area contributed by atoms with Crippen molar-refractivity contribution < 1.29 is 14.2 Å². The van der Waals surface area contributed by atoms with Gasteiger partial charge in [-0.05, 0) is 24.6 Å². The maximum absolute atomic E-state index is 5.89. The van der Waals surface area contributed by atoms with E-state index in [1.54, 1.807) is 7.11 Å². The summed E-state index contributed by atoms with van der Waals surface area (Å²) in [5, 5.41) is 3.49. The first-order valence-electron chi connectivity index (χ1n) is 6.04. The molecule has 0 spiro atoms. The lowest BCUT2D eigenvalue weighted by molar-refractivity contribution is -0.00593. The summed E-state index contributed by atoms with van der Waals surface area (Å²) in [6, 6.07) is 6.26. The van der Waals surface area contributed by atoms with Crippen LogP contribution in [-0.4, -0.2) is 32.9 Å². The fourth-order valence-corrected chi connectivity index (χ4v) is 2.52. The number of benzene rings is 1. The molecule has 3 rings (SSSR count). The monoisotopic (exact) mass is 271 g/mol. The second-order valence-electron chi connectivity index (χ2n) is 4.39. The number of halogens is 1. The highest BCUT2D eigenvalue weighted by molar-refractivity contribution is 5.85. The van der Waals surface area contributed by atoms with Crippen molar-refractivity contribution in [3.8, 4) is 11.5 Å². The van der Waals surface area contributed by atoms with Crippen molar-refractivity contribution in [2.24, 2.45) is 0 Å². The summed E-state index contributed by atoms with van der Waals surface area (Å²) in [6.45, 7) is 2.40. The van der Waals surface area contributed by atoms with Crippen LogP contribution in [0, 0.1) is 0 Å². The van der Waals surface area contributed by atoms with Gasteiger partial charge in [-0.1, -0.05) is 0 Å². The molecule has 2 aliphatic rings. The molecule has 18 heavy (non-hydrogen) atoms. The molecule has 1 saturated heterocycles.